The lowest BCUT2D eigenvalue weighted by atomic mass is 10.0. The Labute approximate surface area is 193 Å². The number of methoxy groups -OCH3 is 3. The highest BCUT2D eigenvalue weighted by atomic mass is 16.5. The first-order chi connectivity index (χ1) is 16.0. The first kappa shape index (κ1) is 23.7. The molecule has 3 aromatic rings. The van der Waals surface area contributed by atoms with Gasteiger partial charge in [-0.05, 0) is 35.4 Å². The summed E-state index contributed by atoms with van der Waals surface area (Å²) in [6.45, 7) is 0.224. The summed E-state index contributed by atoms with van der Waals surface area (Å²) < 4.78 is 16.1. The van der Waals surface area contributed by atoms with Crippen LogP contribution in [-0.4, -0.2) is 39.2 Å². The van der Waals surface area contributed by atoms with Crippen molar-refractivity contribution < 1.29 is 23.8 Å². The highest BCUT2D eigenvalue weighted by Crippen LogP contribution is 2.38. The monoisotopic (exact) mass is 448 g/mol. The van der Waals surface area contributed by atoms with Crippen molar-refractivity contribution in [2.24, 2.45) is 0 Å². The molecule has 172 valence electrons. The number of carbonyl (C=O) groups excluding carboxylic acids is 2. The summed E-state index contributed by atoms with van der Waals surface area (Å²) in [4.78, 5) is 25.8. The highest BCUT2D eigenvalue weighted by Gasteiger charge is 2.22. The van der Waals surface area contributed by atoms with Crippen molar-refractivity contribution in [3.63, 3.8) is 0 Å². The van der Waals surface area contributed by atoms with E-state index in [1.807, 2.05) is 36.4 Å². The smallest absolute Gasteiger partial charge is 0.251 e. The maximum Gasteiger partial charge on any atom is 0.251 e. The predicted octanol–water partition coefficient (Wildman–Crippen LogP) is 3.37. The fraction of sp³-hybridized carbons (Fsp3) is 0.231. The van der Waals surface area contributed by atoms with Gasteiger partial charge in [0.15, 0.2) is 11.5 Å². The second kappa shape index (κ2) is 11.6. The Morgan fingerprint density at radius 2 is 1.36 bits per heavy atom. The van der Waals surface area contributed by atoms with Crippen LogP contribution in [0.3, 0.4) is 0 Å². The molecule has 0 aliphatic carbocycles. The van der Waals surface area contributed by atoms with Crippen molar-refractivity contribution in [3.05, 3.63) is 89.5 Å². The first-order valence-electron chi connectivity index (χ1n) is 10.5. The van der Waals surface area contributed by atoms with E-state index in [1.54, 1.807) is 36.4 Å². The van der Waals surface area contributed by atoms with Gasteiger partial charge >= 0.3 is 0 Å². The van der Waals surface area contributed by atoms with Gasteiger partial charge in [-0.25, -0.2) is 0 Å². The van der Waals surface area contributed by atoms with E-state index in [0.29, 0.717) is 29.2 Å². The Kier molecular flexibility index (Phi) is 8.30. The normalized spacial score (nSPS) is 11.2. The third-order valence-corrected chi connectivity index (χ3v) is 5.13. The molecule has 0 bridgehead atoms. The van der Waals surface area contributed by atoms with Crippen LogP contribution < -0.4 is 24.8 Å². The molecule has 7 nitrogen and oxygen atoms in total. The number of benzene rings is 3. The van der Waals surface area contributed by atoms with Crippen molar-refractivity contribution >= 4 is 11.8 Å². The topological polar surface area (TPSA) is 85.9 Å². The van der Waals surface area contributed by atoms with Gasteiger partial charge in [0.2, 0.25) is 11.7 Å². The van der Waals surface area contributed by atoms with Crippen molar-refractivity contribution in [1.82, 2.24) is 10.6 Å². The summed E-state index contributed by atoms with van der Waals surface area (Å²) in [5.41, 5.74) is 2.21. The lowest BCUT2D eigenvalue weighted by Crippen LogP contribution is -2.47. The fourth-order valence-electron chi connectivity index (χ4n) is 3.44. The number of rotatable bonds is 10. The summed E-state index contributed by atoms with van der Waals surface area (Å²) in [7, 11) is 4.61. The quantitative estimate of drug-likeness (QED) is 0.497. The highest BCUT2D eigenvalue weighted by molar-refractivity contribution is 5.97. The van der Waals surface area contributed by atoms with Gasteiger partial charge in [0, 0.05) is 18.5 Å². The van der Waals surface area contributed by atoms with Crippen LogP contribution in [0.5, 0.6) is 17.2 Å². The van der Waals surface area contributed by atoms with Gasteiger partial charge in [-0.1, -0.05) is 48.5 Å². The van der Waals surface area contributed by atoms with Crippen molar-refractivity contribution in [3.8, 4) is 17.2 Å². The Balaban J connectivity index is 1.76. The van der Waals surface area contributed by atoms with Gasteiger partial charge in [0.1, 0.15) is 6.04 Å². The summed E-state index contributed by atoms with van der Waals surface area (Å²) in [5.74, 6) is 0.877. The van der Waals surface area contributed by atoms with Crippen LogP contribution in [0.25, 0.3) is 0 Å². The van der Waals surface area contributed by atoms with Gasteiger partial charge in [0.25, 0.3) is 5.91 Å². The van der Waals surface area contributed by atoms with E-state index in [0.717, 1.165) is 11.1 Å². The molecule has 2 N–H and O–H groups in total. The van der Waals surface area contributed by atoms with Gasteiger partial charge < -0.3 is 24.8 Å². The molecule has 0 aromatic heterocycles. The van der Waals surface area contributed by atoms with Gasteiger partial charge in [0.05, 0.1) is 21.3 Å². The maximum atomic E-state index is 13.1. The summed E-state index contributed by atoms with van der Waals surface area (Å²) in [6, 6.07) is 21.2. The zero-order valence-corrected chi connectivity index (χ0v) is 19.0. The lowest BCUT2D eigenvalue weighted by molar-refractivity contribution is -0.123. The Bertz CT molecular complexity index is 1050. The SMILES string of the molecule is COc1cc(CNC(=O)C(Cc2ccccc2)NC(=O)c2ccccc2)cc(OC)c1OC. The predicted molar refractivity (Wildman–Crippen MR) is 126 cm³/mol. The lowest BCUT2D eigenvalue weighted by Gasteiger charge is -2.19. The standard InChI is InChI=1S/C26H28N2O5/c1-31-22-15-19(16-23(32-2)24(22)33-3)17-27-26(30)21(14-18-10-6-4-7-11-18)28-25(29)20-12-8-5-9-13-20/h4-13,15-16,21H,14,17H2,1-3H3,(H,27,30)(H,28,29). The molecule has 0 aliphatic rings. The molecule has 0 spiro atoms. The number of nitrogens with one attached hydrogen (secondary N) is 2. The van der Waals surface area contributed by atoms with E-state index in [1.165, 1.54) is 21.3 Å². The minimum Gasteiger partial charge on any atom is -0.493 e. The third-order valence-electron chi connectivity index (χ3n) is 5.13. The molecule has 0 heterocycles. The fourth-order valence-corrected chi connectivity index (χ4v) is 3.44. The van der Waals surface area contributed by atoms with Crippen LogP contribution in [-0.2, 0) is 17.8 Å². The molecular weight excluding hydrogens is 420 g/mol. The molecule has 0 saturated carbocycles. The Morgan fingerprint density at radius 1 is 0.788 bits per heavy atom. The largest absolute Gasteiger partial charge is 0.493 e. The second-order valence-electron chi connectivity index (χ2n) is 7.33. The molecule has 3 rings (SSSR count). The average Bonchev–Trinajstić information content (AvgIpc) is 2.87. The van der Waals surface area contributed by atoms with Crippen molar-refractivity contribution in [2.75, 3.05) is 21.3 Å². The molecule has 0 saturated heterocycles. The maximum absolute atomic E-state index is 13.1. The molecular formula is C26H28N2O5. The van der Waals surface area contributed by atoms with Crippen LogP contribution in [0.4, 0.5) is 0 Å². The zero-order chi connectivity index (χ0) is 23.6. The number of hydrogen-bond donors (Lipinski definition) is 2. The molecule has 0 radical (unpaired) electrons. The van der Waals surface area contributed by atoms with Crippen LogP contribution in [0, 0.1) is 0 Å². The second-order valence-corrected chi connectivity index (χ2v) is 7.33. The first-order valence-corrected chi connectivity index (χ1v) is 10.5. The van der Waals surface area contributed by atoms with Crippen LogP contribution in [0.2, 0.25) is 0 Å². The third kappa shape index (κ3) is 6.26. The molecule has 3 aromatic carbocycles. The number of amides is 2. The van der Waals surface area contributed by atoms with Crippen molar-refractivity contribution in [2.45, 2.75) is 19.0 Å². The minimum absolute atomic E-state index is 0.224. The summed E-state index contributed by atoms with van der Waals surface area (Å²) in [5, 5.41) is 5.77. The molecule has 1 unspecified atom stereocenters. The van der Waals surface area contributed by atoms with E-state index < -0.39 is 6.04 Å². The Hall–Kier alpha value is -4.00. The minimum atomic E-state index is -0.748. The molecule has 0 aliphatic heterocycles. The van der Waals surface area contributed by atoms with E-state index >= 15 is 0 Å². The number of carbonyl (C=O) groups is 2. The summed E-state index contributed by atoms with van der Waals surface area (Å²) in [6.07, 6.45) is 0.362. The average molecular weight is 449 g/mol. The summed E-state index contributed by atoms with van der Waals surface area (Å²) >= 11 is 0. The van der Waals surface area contributed by atoms with Gasteiger partial charge in [-0.3, -0.25) is 9.59 Å². The molecule has 2 amide bonds. The van der Waals surface area contributed by atoms with E-state index in [-0.39, 0.29) is 18.4 Å². The number of hydrogen-bond acceptors (Lipinski definition) is 5. The zero-order valence-electron chi connectivity index (χ0n) is 19.0. The van der Waals surface area contributed by atoms with Crippen LogP contribution in [0.15, 0.2) is 72.8 Å². The van der Waals surface area contributed by atoms with Crippen LogP contribution in [0.1, 0.15) is 21.5 Å². The van der Waals surface area contributed by atoms with Crippen molar-refractivity contribution in [1.29, 1.82) is 0 Å². The van der Waals surface area contributed by atoms with E-state index in [9.17, 15) is 9.59 Å². The molecule has 1 atom stereocenters. The van der Waals surface area contributed by atoms with Crippen LogP contribution >= 0.6 is 0 Å². The van der Waals surface area contributed by atoms with Gasteiger partial charge in [-0.2, -0.15) is 0 Å². The van der Waals surface area contributed by atoms with E-state index in [2.05, 4.69) is 10.6 Å². The van der Waals surface area contributed by atoms with Gasteiger partial charge in [-0.15, -0.1) is 0 Å². The molecule has 0 fully saturated rings. The molecule has 7 heteroatoms. The Morgan fingerprint density at radius 3 is 1.91 bits per heavy atom. The number of ether oxygens (including phenoxy) is 3. The molecule has 33 heavy (non-hydrogen) atoms. The van der Waals surface area contributed by atoms with E-state index in [4.69, 9.17) is 14.2 Å².